The van der Waals surface area contributed by atoms with Crippen molar-refractivity contribution >= 4 is 40.0 Å². The van der Waals surface area contributed by atoms with E-state index in [1.54, 1.807) is 31.2 Å². The molecule has 0 saturated carbocycles. The number of amides is 1. The van der Waals surface area contributed by atoms with Crippen LogP contribution in [-0.2, 0) is 11.2 Å². The Balaban J connectivity index is 1.49. The zero-order chi connectivity index (χ0) is 21.1. The monoisotopic (exact) mass is 422 g/mol. The summed E-state index contributed by atoms with van der Waals surface area (Å²) in [7, 11) is 0. The van der Waals surface area contributed by atoms with E-state index in [4.69, 9.17) is 14.5 Å². The second-order valence-corrected chi connectivity index (χ2v) is 7.86. The molecule has 0 aliphatic carbocycles. The van der Waals surface area contributed by atoms with Crippen LogP contribution in [0, 0.1) is 0 Å². The molecule has 1 N–H and O–H groups in total. The third-order valence-corrected chi connectivity index (χ3v) is 5.91. The van der Waals surface area contributed by atoms with Crippen LogP contribution in [0.15, 0.2) is 47.5 Å². The summed E-state index contributed by atoms with van der Waals surface area (Å²) in [6.45, 7) is 4.10. The van der Waals surface area contributed by atoms with Gasteiger partial charge in [-0.2, -0.15) is 0 Å². The first-order chi connectivity index (χ1) is 14.6. The van der Waals surface area contributed by atoms with Crippen molar-refractivity contribution in [3.05, 3.63) is 53.6 Å². The van der Waals surface area contributed by atoms with E-state index in [2.05, 4.69) is 18.3 Å². The van der Waals surface area contributed by atoms with Crippen LogP contribution in [0.1, 0.15) is 36.2 Å². The summed E-state index contributed by atoms with van der Waals surface area (Å²) in [5.74, 6) is 1.68. The highest BCUT2D eigenvalue weighted by molar-refractivity contribution is 8.00. The molecular formula is C23H22N2O4S. The lowest BCUT2D eigenvalue weighted by atomic mass is 10.1. The smallest absolute Gasteiger partial charge is 0.231 e. The standard InChI is InChI=1S/C23H22N2O4S/c1-3-14-9-16-10-20-21(29-13-28-20)11-18(16)25-23(14)30-12-19(26)15-5-7-17(8-6-15)24-22(27)4-2/h5-11H,3-4,12-13H2,1-2H3,(H,24,27). The highest BCUT2D eigenvalue weighted by Gasteiger charge is 2.17. The van der Waals surface area contributed by atoms with Crippen LogP contribution >= 0.6 is 11.8 Å². The molecule has 0 fully saturated rings. The van der Waals surface area contributed by atoms with Gasteiger partial charge in [-0.3, -0.25) is 9.59 Å². The second kappa shape index (κ2) is 8.75. The van der Waals surface area contributed by atoms with Crippen LogP contribution in [0.3, 0.4) is 0 Å². The molecule has 6 nitrogen and oxygen atoms in total. The molecule has 7 heteroatoms. The third-order valence-electron chi connectivity index (χ3n) is 4.88. The average Bonchev–Trinajstić information content (AvgIpc) is 3.22. The minimum atomic E-state index is -0.0540. The van der Waals surface area contributed by atoms with Crippen molar-refractivity contribution in [3.63, 3.8) is 0 Å². The predicted molar refractivity (Wildman–Crippen MR) is 118 cm³/mol. The van der Waals surface area contributed by atoms with Crippen molar-refractivity contribution in [2.45, 2.75) is 31.7 Å². The third kappa shape index (κ3) is 4.26. The van der Waals surface area contributed by atoms with Gasteiger partial charge >= 0.3 is 0 Å². The number of ketones is 1. The number of carbonyl (C=O) groups excluding carboxylic acids is 2. The molecule has 0 radical (unpaired) electrons. The molecule has 0 bridgehead atoms. The van der Waals surface area contributed by atoms with Crippen molar-refractivity contribution in [2.75, 3.05) is 17.9 Å². The number of hydrogen-bond donors (Lipinski definition) is 1. The summed E-state index contributed by atoms with van der Waals surface area (Å²) in [6.07, 6.45) is 1.23. The van der Waals surface area contributed by atoms with Crippen molar-refractivity contribution in [2.24, 2.45) is 0 Å². The maximum Gasteiger partial charge on any atom is 0.231 e. The summed E-state index contributed by atoms with van der Waals surface area (Å²) in [5.41, 5.74) is 3.22. The number of Topliss-reactive ketones (excluding diaryl/α,β-unsaturated/α-hetero) is 1. The van der Waals surface area contributed by atoms with E-state index < -0.39 is 0 Å². The van der Waals surface area contributed by atoms with Crippen molar-refractivity contribution in [3.8, 4) is 11.5 Å². The molecule has 0 unspecified atom stereocenters. The summed E-state index contributed by atoms with van der Waals surface area (Å²) >= 11 is 1.44. The van der Waals surface area contributed by atoms with Crippen LogP contribution < -0.4 is 14.8 Å². The summed E-state index contributed by atoms with van der Waals surface area (Å²) in [4.78, 5) is 28.9. The van der Waals surface area contributed by atoms with Crippen LogP contribution in [0.4, 0.5) is 5.69 Å². The van der Waals surface area contributed by atoms with E-state index in [1.165, 1.54) is 11.8 Å². The minimum absolute atomic E-state index is 0.0167. The summed E-state index contributed by atoms with van der Waals surface area (Å²) in [5, 5.41) is 4.63. The molecule has 0 atom stereocenters. The fourth-order valence-electron chi connectivity index (χ4n) is 3.17. The topological polar surface area (TPSA) is 77.5 Å². The molecule has 2 heterocycles. The highest BCUT2D eigenvalue weighted by Crippen LogP contribution is 2.37. The first-order valence-corrected chi connectivity index (χ1v) is 10.8. The number of carbonyl (C=O) groups is 2. The number of fused-ring (bicyclic) bond motifs is 2. The average molecular weight is 423 g/mol. The van der Waals surface area contributed by atoms with Gasteiger partial charge in [-0.1, -0.05) is 25.6 Å². The number of nitrogens with zero attached hydrogens (tertiary/aromatic N) is 1. The van der Waals surface area contributed by atoms with Crippen LogP contribution in [-0.4, -0.2) is 29.2 Å². The zero-order valence-electron chi connectivity index (χ0n) is 16.9. The maximum absolute atomic E-state index is 12.7. The Kier molecular flexibility index (Phi) is 5.90. The SMILES string of the molecule is CCC(=O)Nc1ccc(C(=O)CSc2nc3cc4c(cc3cc2CC)OCO4)cc1. The number of pyridine rings is 1. The molecule has 1 amide bonds. The Morgan fingerprint density at radius 3 is 2.50 bits per heavy atom. The molecular weight excluding hydrogens is 400 g/mol. The number of rotatable bonds is 7. The number of nitrogens with one attached hydrogen (secondary N) is 1. The minimum Gasteiger partial charge on any atom is -0.454 e. The number of hydrogen-bond acceptors (Lipinski definition) is 6. The molecule has 2 aromatic carbocycles. The summed E-state index contributed by atoms with van der Waals surface area (Å²) < 4.78 is 10.9. The quantitative estimate of drug-likeness (QED) is 0.433. The second-order valence-electron chi connectivity index (χ2n) is 6.90. The van der Waals surface area contributed by atoms with Gasteiger partial charge in [-0.15, -0.1) is 0 Å². The fourth-order valence-corrected chi connectivity index (χ4v) is 4.16. The maximum atomic E-state index is 12.7. The van der Waals surface area contributed by atoms with E-state index in [9.17, 15) is 9.59 Å². The van der Waals surface area contributed by atoms with Crippen molar-refractivity contribution in [1.29, 1.82) is 0 Å². The lowest BCUT2D eigenvalue weighted by Gasteiger charge is -2.10. The Labute approximate surface area is 179 Å². The van der Waals surface area contributed by atoms with Crippen LogP contribution in [0.5, 0.6) is 11.5 Å². The first-order valence-electron chi connectivity index (χ1n) is 9.86. The van der Waals surface area contributed by atoms with Crippen molar-refractivity contribution in [1.82, 2.24) is 4.98 Å². The Hall–Kier alpha value is -3.06. The zero-order valence-corrected chi connectivity index (χ0v) is 17.7. The van der Waals surface area contributed by atoms with Gasteiger partial charge in [0.2, 0.25) is 12.7 Å². The summed E-state index contributed by atoms with van der Waals surface area (Å²) in [6, 6.07) is 12.9. The molecule has 1 aromatic heterocycles. The van der Waals surface area contributed by atoms with E-state index in [1.807, 2.05) is 12.1 Å². The highest BCUT2D eigenvalue weighted by atomic mass is 32.2. The molecule has 1 aliphatic heterocycles. The molecule has 30 heavy (non-hydrogen) atoms. The fraction of sp³-hybridized carbons (Fsp3) is 0.261. The molecule has 4 rings (SSSR count). The van der Waals surface area contributed by atoms with Gasteiger partial charge in [-0.25, -0.2) is 4.98 Å². The van der Waals surface area contributed by atoms with Gasteiger partial charge in [-0.05, 0) is 48.4 Å². The van der Waals surface area contributed by atoms with Gasteiger partial charge in [0.05, 0.1) is 11.3 Å². The Morgan fingerprint density at radius 1 is 1.07 bits per heavy atom. The van der Waals surface area contributed by atoms with Crippen LogP contribution in [0.25, 0.3) is 10.9 Å². The van der Waals surface area contributed by atoms with Gasteiger partial charge in [0.15, 0.2) is 17.3 Å². The first kappa shape index (κ1) is 20.2. The van der Waals surface area contributed by atoms with Crippen LogP contribution in [0.2, 0.25) is 0 Å². The van der Waals surface area contributed by atoms with E-state index >= 15 is 0 Å². The number of ether oxygens (including phenoxy) is 2. The molecule has 154 valence electrons. The largest absolute Gasteiger partial charge is 0.454 e. The lowest BCUT2D eigenvalue weighted by Crippen LogP contribution is -2.10. The number of thioether (sulfide) groups is 1. The predicted octanol–water partition coefficient (Wildman–Crippen LogP) is 4.85. The number of benzene rings is 2. The Morgan fingerprint density at radius 2 is 1.80 bits per heavy atom. The molecule has 0 saturated heterocycles. The van der Waals surface area contributed by atoms with Gasteiger partial charge in [0.25, 0.3) is 0 Å². The number of anilines is 1. The molecule has 1 aliphatic rings. The van der Waals surface area contributed by atoms with Gasteiger partial charge < -0.3 is 14.8 Å². The van der Waals surface area contributed by atoms with E-state index in [0.717, 1.165) is 33.7 Å². The normalized spacial score (nSPS) is 12.2. The van der Waals surface area contributed by atoms with Gasteiger partial charge in [0, 0.05) is 29.1 Å². The molecule has 3 aromatic rings. The lowest BCUT2D eigenvalue weighted by molar-refractivity contribution is -0.115. The van der Waals surface area contributed by atoms with E-state index in [-0.39, 0.29) is 24.2 Å². The Bertz CT molecular complexity index is 1110. The van der Waals surface area contributed by atoms with Gasteiger partial charge in [0.1, 0.15) is 5.03 Å². The molecule has 0 spiro atoms. The number of aromatic nitrogens is 1. The van der Waals surface area contributed by atoms with Crippen molar-refractivity contribution < 1.29 is 19.1 Å². The number of aryl methyl sites for hydroxylation is 1. The van der Waals surface area contributed by atoms with E-state index in [0.29, 0.717) is 23.4 Å².